The molecule has 156 valence electrons. The van der Waals surface area contributed by atoms with Gasteiger partial charge in [0.1, 0.15) is 29.7 Å². The van der Waals surface area contributed by atoms with Gasteiger partial charge in [0.05, 0.1) is 16.6 Å². The minimum atomic E-state index is -0.967. The molecule has 6 nitrogen and oxygen atoms in total. The molecule has 1 heterocycles. The SMILES string of the molecule is CC(C)=CCOc1cccc(Oc2ccc(-c3nc4ccc(C(=O)O)cc4[nH]3)cc2)c1. The number of rotatable bonds is 7. The third kappa shape index (κ3) is 4.93. The first-order chi connectivity index (χ1) is 15.0. The zero-order valence-electron chi connectivity index (χ0n) is 17.3. The fourth-order valence-corrected chi connectivity index (χ4v) is 3.03. The Morgan fingerprint density at radius 3 is 2.52 bits per heavy atom. The summed E-state index contributed by atoms with van der Waals surface area (Å²) in [6, 6.07) is 19.9. The fourth-order valence-electron chi connectivity index (χ4n) is 3.03. The van der Waals surface area contributed by atoms with Crippen LogP contribution in [0, 0.1) is 0 Å². The number of allylic oxidation sites excluding steroid dienone is 1. The Kier molecular flexibility index (Phi) is 5.71. The van der Waals surface area contributed by atoms with Crippen molar-refractivity contribution in [2.75, 3.05) is 6.61 Å². The minimum absolute atomic E-state index is 0.221. The Labute approximate surface area is 179 Å². The molecule has 0 unspecified atom stereocenters. The summed E-state index contributed by atoms with van der Waals surface area (Å²) in [6.45, 7) is 4.59. The van der Waals surface area contributed by atoms with Crippen molar-refractivity contribution >= 4 is 17.0 Å². The molecule has 4 aromatic rings. The highest BCUT2D eigenvalue weighted by Crippen LogP contribution is 2.28. The van der Waals surface area contributed by atoms with Crippen LogP contribution in [0.1, 0.15) is 24.2 Å². The van der Waals surface area contributed by atoms with Gasteiger partial charge in [0.25, 0.3) is 0 Å². The molecule has 0 amide bonds. The smallest absolute Gasteiger partial charge is 0.335 e. The van der Waals surface area contributed by atoms with Crippen LogP contribution in [0.5, 0.6) is 17.2 Å². The van der Waals surface area contributed by atoms with Crippen LogP contribution in [0.4, 0.5) is 0 Å². The van der Waals surface area contributed by atoms with Crippen molar-refractivity contribution in [3.05, 3.63) is 83.9 Å². The Hall–Kier alpha value is -4.06. The van der Waals surface area contributed by atoms with E-state index in [0.717, 1.165) is 11.3 Å². The van der Waals surface area contributed by atoms with E-state index in [1.807, 2.05) is 68.5 Å². The van der Waals surface area contributed by atoms with Crippen molar-refractivity contribution in [1.29, 1.82) is 0 Å². The standard InChI is InChI=1S/C25H22N2O4/c1-16(2)12-13-30-20-4-3-5-21(15-20)31-19-9-6-17(7-10-19)24-26-22-11-8-18(25(28)29)14-23(22)27-24/h3-12,14-15H,13H2,1-2H3,(H,26,27)(H,28,29). The van der Waals surface area contributed by atoms with Crippen LogP contribution in [0.3, 0.4) is 0 Å². The monoisotopic (exact) mass is 414 g/mol. The molecule has 3 aromatic carbocycles. The fraction of sp³-hybridized carbons (Fsp3) is 0.120. The molecule has 1 aromatic heterocycles. The normalized spacial score (nSPS) is 10.6. The van der Waals surface area contributed by atoms with Gasteiger partial charge in [-0.2, -0.15) is 0 Å². The first-order valence-electron chi connectivity index (χ1n) is 9.85. The number of fused-ring (bicyclic) bond motifs is 1. The van der Waals surface area contributed by atoms with E-state index in [1.165, 1.54) is 5.57 Å². The zero-order valence-corrected chi connectivity index (χ0v) is 17.3. The van der Waals surface area contributed by atoms with Crippen molar-refractivity contribution in [2.45, 2.75) is 13.8 Å². The van der Waals surface area contributed by atoms with Crippen LogP contribution in [0.2, 0.25) is 0 Å². The second-order valence-electron chi connectivity index (χ2n) is 7.32. The second kappa shape index (κ2) is 8.75. The molecule has 0 saturated heterocycles. The van der Waals surface area contributed by atoms with E-state index >= 15 is 0 Å². The van der Waals surface area contributed by atoms with E-state index in [9.17, 15) is 4.79 Å². The maximum Gasteiger partial charge on any atom is 0.335 e. The van der Waals surface area contributed by atoms with Gasteiger partial charge in [0.2, 0.25) is 0 Å². The quantitative estimate of drug-likeness (QED) is 0.359. The van der Waals surface area contributed by atoms with Gasteiger partial charge in [-0.15, -0.1) is 0 Å². The van der Waals surface area contributed by atoms with Gasteiger partial charge in [-0.25, -0.2) is 9.78 Å². The highest BCUT2D eigenvalue weighted by atomic mass is 16.5. The number of aromatic amines is 1. The van der Waals surface area contributed by atoms with E-state index in [4.69, 9.17) is 14.6 Å². The molecule has 0 aliphatic carbocycles. The molecule has 6 heteroatoms. The zero-order chi connectivity index (χ0) is 21.8. The number of H-pyrrole nitrogens is 1. The number of nitrogens with one attached hydrogen (secondary N) is 1. The van der Waals surface area contributed by atoms with Gasteiger partial charge in [0.15, 0.2) is 0 Å². The first kappa shape index (κ1) is 20.2. The van der Waals surface area contributed by atoms with Crippen LogP contribution in [-0.4, -0.2) is 27.7 Å². The minimum Gasteiger partial charge on any atom is -0.489 e. The van der Waals surface area contributed by atoms with Gasteiger partial charge >= 0.3 is 5.97 Å². The summed E-state index contributed by atoms with van der Waals surface area (Å²) in [5.74, 6) is 1.82. The molecule has 0 fully saturated rings. The molecule has 0 aliphatic heterocycles. The summed E-state index contributed by atoms with van der Waals surface area (Å²) in [5.41, 5.74) is 3.70. The molecular formula is C25H22N2O4. The Morgan fingerprint density at radius 1 is 1.00 bits per heavy atom. The van der Waals surface area contributed by atoms with Crippen LogP contribution < -0.4 is 9.47 Å². The number of nitrogens with zero attached hydrogens (tertiary/aromatic N) is 1. The molecule has 0 spiro atoms. The largest absolute Gasteiger partial charge is 0.489 e. The van der Waals surface area contributed by atoms with Crippen molar-refractivity contribution in [3.63, 3.8) is 0 Å². The van der Waals surface area contributed by atoms with Crippen LogP contribution in [0.15, 0.2) is 78.4 Å². The third-order valence-electron chi connectivity index (χ3n) is 4.64. The molecule has 0 atom stereocenters. The van der Waals surface area contributed by atoms with E-state index in [2.05, 4.69) is 9.97 Å². The van der Waals surface area contributed by atoms with Crippen LogP contribution in [0.25, 0.3) is 22.4 Å². The number of ether oxygens (including phenoxy) is 2. The van der Waals surface area contributed by atoms with Crippen molar-refractivity contribution in [1.82, 2.24) is 9.97 Å². The molecule has 0 aliphatic rings. The second-order valence-corrected chi connectivity index (χ2v) is 7.32. The number of benzene rings is 3. The maximum atomic E-state index is 11.2. The third-order valence-corrected chi connectivity index (χ3v) is 4.64. The van der Waals surface area contributed by atoms with E-state index in [0.29, 0.717) is 35.0 Å². The molecular weight excluding hydrogens is 392 g/mol. The van der Waals surface area contributed by atoms with Crippen LogP contribution >= 0.6 is 0 Å². The number of carboxylic acid groups (broad SMARTS) is 1. The number of imidazole rings is 1. The number of hydrogen-bond donors (Lipinski definition) is 2. The highest BCUT2D eigenvalue weighted by Gasteiger charge is 2.09. The Bertz CT molecular complexity index is 1250. The average Bonchev–Trinajstić information content (AvgIpc) is 3.17. The number of hydrogen-bond acceptors (Lipinski definition) is 4. The summed E-state index contributed by atoms with van der Waals surface area (Å²) in [5, 5.41) is 9.14. The predicted molar refractivity (Wildman–Crippen MR) is 120 cm³/mol. The lowest BCUT2D eigenvalue weighted by Crippen LogP contribution is -1.94. The number of aromatic carboxylic acids is 1. The van der Waals surface area contributed by atoms with Gasteiger partial charge in [-0.3, -0.25) is 0 Å². The lowest BCUT2D eigenvalue weighted by atomic mass is 10.2. The molecule has 4 rings (SSSR count). The predicted octanol–water partition coefficient (Wildman–Crippen LogP) is 6.07. The number of carbonyl (C=O) groups is 1. The first-order valence-corrected chi connectivity index (χ1v) is 9.85. The highest BCUT2D eigenvalue weighted by molar-refractivity contribution is 5.93. The maximum absolute atomic E-state index is 11.2. The van der Waals surface area contributed by atoms with Crippen LogP contribution in [-0.2, 0) is 0 Å². The Balaban J connectivity index is 1.48. The summed E-state index contributed by atoms with van der Waals surface area (Å²) < 4.78 is 11.7. The molecule has 0 radical (unpaired) electrons. The number of aromatic nitrogens is 2. The average molecular weight is 414 g/mol. The van der Waals surface area contributed by atoms with E-state index < -0.39 is 5.97 Å². The topological polar surface area (TPSA) is 84.4 Å². The lowest BCUT2D eigenvalue weighted by molar-refractivity contribution is 0.0697. The van der Waals surface area contributed by atoms with Crippen molar-refractivity contribution < 1.29 is 19.4 Å². The van der Waals surface area contributed by atoms with Gasteiger partial charge in [-0.1, -0.05) is 11.6 Å². The van der Waals surface area contributed by atoms with E-state index in [-0.39, 0.29) is 5.56 Å². The summed E-state index contributed by atoms with van der Waals surface area (Å²) in [7, 11) is 0. The number of carboxylic acids is 1. The van der Waals surface area contributed by atoms with Crippen molar-refractivity contribution in [2.24, 2.45) is 0 Å². The van der Waals surface area contributed by atoms with Gasteiger partial charge in [0, 0.05) is 11.6 Å². The van der Waals surface area contributed by atoms with Gasteiger partial charge < -0.3 is 19.6 Å². The molecule has 0 saturated carbocycles. The summed E-state index contributed by atoms with van der Waals surface area (Å²) >= 11 is 0. The molecule has 0 bridgehead atoms. The summed E-state index contributed by atoms with van der Waals surface area (Å²) in [4.78, 5) is 18.9. The van der Waals surface area contributed by atoms with E-state index in [1.54, 1.807) is 18.2 Å². The Morgan fingerprint density at radius 2 is 1.77 bits per heavy atom. The molecule has 2 N–H and O–H groups in total. The summed E-state index contributed by atoms with van der Waals surface area (Å²) in [6.07, 6.45) is 2.02. The van der Waals surface area contributed by atoms with Crippen molar-refractivity contribution in [3.8, 4) is 28.6 Å². The van der Waals surface area contributed by atoms with Gasteiger partial charge in [-0.05, 0) is 74.5 Å². The lowest BCUT2D eigenvalue weighted by Gasteiger charge is -2.09. The molecule has 31 heavy (non-hydrogen) atoms.